The van der Waals surface area contributed by atoms with Crippen LogP contribution in [0.1, 0.15) is 5.56 Å². The molecule has 2 rings (SSSR count). The summed E-state index contributed by atoms with van der Waals surface area (Å²) in [4.78, 5) is 22.6. The van der Waals surface area contributed by atoms with Gasteiger partial charge in [-0.25, -0.2) is 4.79 Å². The number of nitrogens with zero attached hydrogens (tertiary/aromatic N) is 4. The molecule has 1 heterocycles. The fourth-order valence-corrected chi connectivity index (χ4v) is 1.49. The topological polar surface area (TPSA) is 99.0 Å². The van der Waals surface area contributed by atoms with Crippen molar-refractivity contribution >= 4 is 17.6 Å². The van der Waals surface area contributed by atoms with Gasteiger partial charge in [-0.1, -0.05) is 6.07 Å². The van der Waals surface area contributed by atoms with Gasteiger partial charge in [-0.05, 0) is 35.0 Å². The molecule has 1 N–H and O–H groups in total. The minimum Gasteiger partial charge on any atom is -0.462 e. The van der Waals surface area contributed by atoms with Gasteiger partial charge in [0.2, 0.25) is 0 Å². The van der Waals surface area contributed by atoms with E-state index in [0.29, 0.717) is 11.4 Å². The quantitative estimate of drug-likeness (QED) is 0.607. The Morgan fingerprint density at radius 3 is 2.79 bits per heavy atom. The number of hydrogen-bond acceptors (Lipinski definition) is 6. The highest BCUT2D eigenvalue weighted by atomic mass is 16.5. The molecule has 19 heavy (non-hydrogen) atoms. The van der Waals surface area contributed by atoms with Crippen LogP contribution in [0.3, 0.4) is 0 Å². The van der Waals surface area contributed by atoms with Gasteiger partial charge < -0.3 is 10.1 Å². The fourth-order valence-electron chi connectivity index (χ4n) is 1.49. The van der Waals surface area contributed by atoms with E-state index >= 15 is 0 Å². The van der Waals surface area contributed by atoms with Gasteiger partial charge in [-0.2, -0.15) is 4.68 Å². The highest BCUT2D eigenvalue weighted by Gasteiger charge is 2.16. The fraction of sp³-hybridized carbons (Fsp3) is 0.182. The van der Waals surface area contributed by atoms with Gasteiger partial charge in [0.15, 0.2) is 0 Å². The molecule has 0 aliphatic carbocycles. The minimum absolute atomic E-state index is 0.419. The molecule has 2 aromatic rings. The summed E-state index contributed by atoms with van der Waals surface area (Å²) in [5.74, 6) is -1.83. The number of aromatic nitrogens is 4. The highest BCUT2D eigenvalue weighted by molar-refractivity contribution is 6.37. The number of methoxy groups -OCH3 is 1. The molecule has 1 amide bonds. The van der Waals surface area contributed by atoms with Crippen molar-refractivity contribution in [3.8, 4) is 5.69 Å². The van der Waals surface area contributed by atoms with Gasteiger partial charge >= 0.3 is 11.9 Å². The van der Waals surface area contributed by atoms with Crippen molar-refractivity contribution in [3.05, 3.63) is 30.1 Å². The predicted octanol–water partition coefficient (Wildman–Crippen LogP) is 0.0822. The Labute approximate surface area is 108 Å². The maximum absolute atomic E-state index is 11.5. The molecule has 0 aliphatic heterocycles. The summed E-state index contributed by atoms with van der Waals surface area (Å²) in [6.45, 7) is 1.86. The van der Waals surface area contributed by atoms with E-state index in [4.69, 9.17) is 0 Å². The lowest BCUT2D eigenvalue weighted by Gasteiger charge is -2.10. The Kier molecular flexibility index (Phi) is 3.51. The average molecular weight is 261 g/mol. The molecule has 98 valence electrons. The first-order valence-corrected chi connectivity index (χ1v) is 5.35. The highest BCUT2D eigenvalue weighted by Crippen LogP contribution is 2.20. The van der Waals surface area contributed by atoms with Crippen molar-refractivity contribution in [2.24, 2.45) is 0 Å². The van der Waals surface area contributed by atoms with Crippen molar-refractivity contribution in [1.82, 2.24) is 20.2 Å². The average Bonchev–Trinajstić information content (AvgIpc) is 2.91. The Morgan fingerprint density at radius 2 is 2.16 bits per heavy atom. The molecule has 0 saturated heterocycles. The lowest BCUT2D eigenvalue weighted by Crippen LogP contribution is -2.24. The van der Waals surface area contributed by atoms with Crippen LogP contribution in [-0.2, 0) is 14.3 Å². The number of carbonyl (C=O) groups is 2. The van der Waals surface area contributed by atoms with Gasteiger partial charge in [0.25, 0.3) is 0 Å². The zero-order valence-corrected chi connectivity index (χ0v) is 10.3. The Morgan fingerprint density at radius 1 is 1.37 bits per heavy atom. The smallest absolute Gasteiger partial charge is 0.396 e. The first kappa shape index (κ1) is 12.7. The normalized spacial score (nSPS) is 10.0. The van der Waals surface area contributed by atoms with E-state index in [9.17, 15) is 9.59 Å². The lowest BCUT2D eigenvalue weighted by molar-refractivity contribution is -0.150. The standard InChI is InChI=1S/C11H11N5O3/c1-7-3-4-9(16-6-12-14-15-16)8(5-7)13-10(17)11(18)19-2/h3-6H,1-2H3,(H,13,17). The van der Waals surface area contributed by atoms with Crippen LogP contribution in [0, 0.1) is 6.92 Å². The Hall–Kier alpha value is -2.77. The number of carbonyl (C=O) groups excluding carboxylic acids is 2. The number of anilines is 1. The van der Waals surface area contributed by atoms with Crippen molar-refractivity contribution in [2.75, 3.05) is 12.4 Å². The molecular formula is C11H11N5O3. The Bertz CT molecular complexity index is 609. The number of amides is 1. The van der Waals surface area contributed by atoms with Crippen molar-refractivity contribution in [1.29, 1.82) is 0 Å². The summed E-state index contributed by atoms with van der Waals surface area (Å²) >= 11 is 0. The van der Waals surface area contributed by atoms with E-state index in [2.05, 4.69) is 25.6 Å². The zero-order chi connectivity index (χ0) is 13.8. The summed E-state index contributed by atoms with van der Waals surface area (Å²) in [6, 6.07) is 5.28. The Balaban J connectivity index is 2.36. The van der Waals surface area contributed by atoms with Gasteiger partial charge in [-0.15, -0.1) is 5.10 Å². The van der Waals surface area contributed by atoms with Crippen LogP contribution in [0.2, 0.25) is 0 Å². The number of benzene rings is 1. The maximum Gasteiger partial charge on any atom is 0.396 e. The minimum atomic E-state index is -0.968. The number of rotatable bonds is 2. The number of esters is 1. The SMILES string of the molecule is COC(=O)C(=O)Nc1cc(C)ccc1-n1cnnn1. The first-order chi connectivity index (χ1) is 9.11. The molecule has 0 spiro atoms. The molecule has 1 aromatic heterocycles. The van der Waals surface area contributed by atoms with Gasteiger partial charge in [0.05, 0.1) is 18.5 Å². The van der Waals surface area contributed by atoms with Crippen molar-refractivity contribution < 1.29 is 14.3 Å². The zero-order valence-electron chi connectivity index (χ0n) is 10.3. The van der Waals surface area contributed by atoms with Crippen LogP contribution in [0.4, 0.5) is 5.69 Å². The molecule has 8 heteroatoms. The molecule has 0 unspecified atom stereocenters. The number of ether oxygens (including phenoxy) is 1. The third-order valence-electron chi connectivity index (χ3n) is 2.37. The van der Waals surface area contributed by atoms with E-state index < -0.39 is 11.9 Å². The van der Waals surface area contributed by atoms with E-state index in [0.717, 1.165) is 12.7 Å². The second-order valence-corrected chi connectivity index (χ2v) is 3.72. The van der Waals surface area contributed by atoms with Crippen LogP contribution in [0.5, 0.6) is 0 Å². The van der Waals surface area contributed by atoms with E-state index in [1.165, 1.54) is 11.0 Å². The van der Waals surface area contributed by atoms with Crippen molar-refractivity contribution in [2.45, 2.75) is 6.92 Å². The van der Waals surface area contributed by atoms with Crippen LogP contribution < -0.4 is 5.32 Å². The summed E-state index contributed by atoms with van der Waals surface area (Å²) in [7, 11) is 1.14. The molecule has 8 nitrogen and oxygen atoms in total. The number of hydrogen-bond donors (Lipinski definition) is 1. The van der Waals surface area contributed by atoms with Crippen molar-refractivity contribution in [3.63, 3.8) is 0 Å². The molecule has 0 radical (unpaired) electrons. The predicted molar refractivity (Wildman–Crippen MR) is 64.5 cm³/mol. The van der Waals surface area contributed by atoms with Crippen LogP contribution >= 0.6 is 0 Å². The number of aryl methyl sites for hydroxylation is 1. The van der Waals surface area contributed by atoms with E-state index in [1.807, 2.05) is 13.0 Å². The molecule has 0 fully saturated rings. The lowest BCUT2D eigenvalue weighted by atomic mass is 10.2. The molecule has 0 aliphatic rings. The molecule has 0 bridgehead atoms. The third-order valence-corrected chi connectivity index (χ3v) is 2.37. The molecular weight excluding hydrogens is 250 g/mol. The van der Waals surface area contributed by atoms with Crippen LogP contribution in [0.25, 0.3) is 5.69 Å². The van der Waals surface area contributed by atoms with E-state index in [-0.39, 0.29) is 0 Å². The summed E-state index contributed by atoms with van der Waals surface area (Å²) in [5.41, 5.74) is 1.88. The number of tetrazole rings is 1. The largest absolute Gasteiger partial charge is 0.462 e. The van der Waals surface area contributed by atoms with Crippen LogP contribution in [0.15, 0.2) is 24.5 Å². The summed E-state index contributed by atoms with van der Waals surface area (Å²) in [6.07, 6.45) is 1.39. The molecule has 0 atom stereocenters. The molecule has 0 saturated carbocycles. The van der Waals surface area contributed by atoms with E-state index in [1.54, 1.807) is 12.1 Å². The summed E-state index contributed by atoms with van der Waals surface area (Å²) < 4.78 is 5.73. The van der Waals surface area contributed by atoms with Gasteiger partial charge in [0, 0.05) is 0 Å². The molecule has 1 aromatic carbocycles. The second-order valence-electron chi connectivity index (χ2n) is 3.72. The third kappa shape index (κ3) is 2.73. The first-order valence-electron chi connectivity index (χ1n) is 5.35. The monoisotopic (exact) mass is 261 g/mol. The van der Waals surface area contributed by atoms with Crippen LogP contribution in [-0.4, -0.2) is 39.2 Å². The summed E-state index contributed by atoms with van der Waals surface area (Å²) in [5, 5.41) is 13.2. The van der Waals surface area contributed by atoms with Gasteiger partial charge in [-0.3, -0.25) is 4.79 Å². The van der Waals surface area contributed by atoms with Gasteiger partial charge in [0.1, 0.15) is 6.33 Å². The number of nitrogens with one attached hydrogen (secondary N) is 1. The maximum atomic E-state index is 11.5. The second kappa shape index (κ2) is 5.25.